The van der Waals surface area contributed by atoms with E-state index in [1.165, 1.54) is 10.9 Å². The highest BCUT2D eigenvalue weighted by Gasteiger charge is 2.21. The van der Waals surface area contributed by atoms with Gasteiger partial charge in [-0.3, -0.25) is 14.0 Å². The minimum Gasteiger partial charge on any atom is -0.365 e. The van der Waals surface area contributed by atoms with E-state index in [1.807, 2.05) is 36.5 Å². The quantitative estimate of drug-likeness (QED) is 0.562. The fourth-order valence-corrected chi connectivity index (χ4v) is 2.67. The van der Waals surface area contributed by atoms with E-state index < -0.39 is 11.8 Å². The van der Waals surface area contributed by atoms with Crippen LogP contribution in [0, 0.1) is 0 Å². The fraction of sp³-hybridized carbons (Fsp3) is 0. The van der Waals surface area contributed by atoms with Gasteiger partial charge in [0.25, 0.3) is 11.8 Å². The van der Waals surface area contributed by atoms with Crippen molar-refractivity contribution in [2.75, 3.05) is 0 Å². The molecule has 3 heterocycles. The summed E-state index contributed by atoms with van der Waals surface area (Å²) in [5, 5.41) is 4.02. The lowest BCUT2D eigenvalue weighted by Crippen LogP contribution is -2.23. The van der Waals surface area contributed by atoms with Crippen molar-refractivity contribution in [1.29, 1.82) is 0 Å². The second-order valence-electron chi connectivity index (χ2n) is 5.53. The largest absolute Gasteiger partial charge is 0.365 e. The number of carbonyl (C=O) groups excluding carboxylic acids is 2. The Morgan fingerprint density at radius 3 is 2.42 bits per heavy atom. The molecule has 2 amide bonds. The van der Waals surface area contributed by atoms with Gasteiger partial charge in [-0.05, 0) is 6.07 Å². The number of primary amides is 2. The van der Waals surface area contributed by atoms with Crippen molar-refractivity contribution in [3.8, 4) is 17.1 Å². The van der Waals surface area contributed by atoms with Gasteiger partial charge in [-0.2, -0.15) is 10.1 Å². The molecule has 4 N–H and O–H groups in total. The first-order valence-electron chi connectivity index (χ1n) is 7.64. The Labute approximate surface area is 146 Å². The Kier molecular flexibility index (Phi) is 3.47. The number of aromatic nitrogens is 5. The van der Waals surface area contributed by atoms with Gasteiger partial charge in [0.15, 0.2) is 5.82 Å². The van der Waals surface area contributed by atoms with Crippen LogP contribution in [0.4, 0.5) is 0 Å². The smallest absolute Gasteiger partial charge is 0.268 e. The van der Waals surface area contributed by atoms with Crippen LogP contribution >= 0.6 is 0 Å². The lowest BCUT2D eigenvalue weighted by molar-refractivity contribution is 0.0963. The molecule has 0 bridgehead atoms. The van der Waals surface area contributed by atoms with Crippen LogP contribution in [0.25, 0.3) is 22.9 Å². The van der Waals surface area contributed by atoms with Crippen LogP contribution in [0.3, 0.4) is 0 Å². The summed E-state index contributed by atoms with van der Waals surface area (Å²) in [5.74, 6) is -0.915. The summed E-state index contributed by atoms with van der Waals surface area (Å²) in [6.07, 6.45) is 4.76. The van der Waals surface area contributed by atoms with Crippen LogP contribution in [-0.2, 0) is 0 Å². The molecule has 4 rings (SSSR count). The predicted octanol–water partition coefficient (Wildman–Crippen LogP) is 0.780. The van der Waals surface area contributed by atoms with Gasteiger partial charge in [0.05, 0.1) is 17.5 Å². The Hall–Kier alpha value is -4.01. The maximum atomic E-state index is 11.7. The SMILES string of the molecule is NC(=O)c1cnn(-c2ccn3cc(-c4ccccc4)nc3n2)c1C(N)=O. The first kappa shape index (κ1) is 15.5. The zero-order valence-corrected chi connectivity index (χ0v) is 13.4. The number of hydrogen-bond acceptors (Lipinski definition) is 5. The lowest BCUT2D eigenvalue weighted by atomic mass is 10.2. The Balaban J connectivity index is 1.84. The van der Waals surface area contributed by atoms with Crippen LogP contribution in [0.2, 0.25) is 0 Å². The minimum absolute atomic E-state index is 0.0625. The van der Waals surface area contributed by atoms with Gasteiger partial charge in [0.2, 0.25) is 5.78 Å². The summed E-state index contributed by atoms with van der Waals surface area (Å²) < 4.78 is 2.92. The molecule has 9 nitrogen and oxygen atoms in total. The third-order valence-corrected chi connectivity index (χ3v) is 3.87. The summed E-state index contributed by atoms with van der Waals surface area (Å²) in [6.45, 7) is 0. The first-order valence-corrected chi connectivity index (χ1v) is 7.64. The van der Waals surface area contributed by atoms with Crippen molar-refractivity contribution >= 4 is 17.6 Å². The molecule has 1 aromatic carbocycles. The van der Waals surface area contributed by atoms with Gasteiger partial charge >= 0.3 is 0 Å². The molecule has 0 spiro atoms. The molecule has 0 fully saturated rings. The highest BCUT2D eigenvalue weighted by molar-refractivity contribution is 6.05. The second kappa shape index (κ2) is 5.81. The molecule has 0 saturated heterocycles. The third-order valence-electron chi connectivity index (χ3n) is 3.87. The molecule has 0 saturated carbocycles. The zero-order chi connectivity index (χ0) is 18.3. The van der Waals surface area contributed by atoms with Crippen LogP contribution < -0.4 is 11.5 Å². The summed E-state index contributed by atoms with van der Waals surface area (Å²) >= 11 is 0. The fourth-order valence-electron chi connectivity index (χ4n) is 2.67. The van der Waals surface area contributed by atoms with Crippen molar-refractivity contribution in [2.24, 2.45) is 11.5 Å². The van der Waals surface area contributed by atoms with E-state index in [-0.39, 0.29) is 11.3 Å². The van der Waals surface area contributed by atoms with Crippen LogP contribution in [-0.4, -0.2) is 36.0 Å². The molecule has 26 heavy (non-hydrogen) atoms. The van der Waals surface area contributed by atoms with E-state index in [4.69, 9.17) is 11.5 Å². The van der Waals surface area contributed by atoms with Gasteiger partial charge in [0, 0.05) is 18.0 Å². The molecule has 3 aromatic heterocycles. The minimum atomic E-state index is -0.828. The molecule has 0 aliphatic heterocycles. The number of rotatable bonds is 4. The summed E-state index contributed by atoms with van der Waals surface area (Å²) in [6, 6.07) is 11.3. The van der Waals surface area contributed by atoms with Crippen LogP contribution in [0.5, 0.6) is 0 Å². The monoisotopic (exact) mass is 347 g/mol. The number of nitrogens with zero attached hydrogens (tertiary/aromatic N) is 5. The Morgan fingerprint density at radius 1 is 0.962 bits per heavy atom. The molecule has 0 atom stereocenters. The molecule has 0 unspecified atom stereocenters. The van der Waals surface area contributed by atoms with E-state index >= 15 is 0 Å². The molecular weight excluding hydrogens is 334 g/mol. The van der Waals surface area contributed by atoms with E-state index in [9.17, 15) is 9.59 Å². The van der Waals surface area contributed by atoms with E-state index in [0.717, 1.165) is 11.3 Å². The molecule has 128 valence electrons. The Morgan fingerprint density at radius 2 is 1.73 bits per heavy atom. The van der Waals surface area contributed by atoms with E-state index in [1.54, 1.807) is 16.7 Å². The normalized spacial score (nSPS) is 10.9. The zero-order valence-electron chi connectivity index (χ0n) is 13.4. The molecule has 0 aliphatic rings. The van der Waals surface area contributed by atoms with Crippen molar-refractivity contribution < 1.29 is 9.59 Å². The van der Waals surface area contributed by atoms with Crippen LogP contribution in [0.15, 0.2) is 55.0 Å². The summed E-state index contributed by atoms with van der Waals surface area (Å²) in [4.78, 5) is 32.1. The van der Waals surface area contributed by atoms with Crippen molar-refractivity contribution in [3.05, 3.63) is 66.2 Å². The Bertz CT molecular complexity index is 1140. The topological polar surface area (TPSA) is 134 Å². The van der Waals surface area contributed by atoms with Crippen molar-refractivity contribution in [1.82, 2.24) is 24.1 Å². The number of nitrogens with two attached hydrogens (primary N) is 2. The average Bonchev–Trinajstić information content (AvgIpc) is 3.26. The van der Waals surface area contributed by atoms with Crippen molar-refractivity contribution in [3.63, 3.8) is 0 Å². The van der Waals surface area contributed by atoms with Gasteiger partial charge < -0.3 is 11.5 Å². The molecule has 4 aromatic rings. The number of carbonyl (C=O) groups is 2. The van der Waals surface area contributed by atoms with Gasteiger partial charge in [-0.1, -0.05) is 30.3 Å². The number of benzene rings is 1. The highest BCUT2D eigenvalue weighted by atomic mass is 16.2. The number of fused-ring (bicyclic) bond motifs is 1. The van der Waals surface area contributed by atoms with Gasteiger partial charge in [-0.25, -0.2) is 9.67 Å². The van der Waals surface area contributed by atoms with Gasteiger partial charge in [0.1, 0.15) is 5.69 Å². The lowest BCUT2D eigenvalue weighted by Gasteiger charge is -2.05. The molecular formula is C17H13N7O2. The van der Waals surface area contributed by atoms with E-state index in [0.29, 0.717) is 11.6 Å². The van der Waals surface area contributed by atoms with Crippen LogP contribution in [0.1, 0.15) is 20.8 Å². The van der Waals surface area contributed by atoms with Crippen molar-refractivity contribution in [2.45, 2.75) is 0 Å². The molecule has 9 heteroatoms. The second-order valence-corrected chi connectivity index (χ2v) is 5.53. The predicted molar refractivity (Wildman–Crippen MR) is 92.6 cm³/mol. The summed E-state index contributed by atoms with van der Waals surface area (Å²) in [7, 11) is 0. The highest BCUT2D eigenvalue weighted by Crippen LogP contribution is 2.19. The maximum Gasteiger partial charge on any atom is 0.268 e. The summed E-state index contributed by atoms with van der Waals surface area (Å²) in [5.41, 5.74) is 12.2. The van der Waals surface area contributed by atoms with Gasteiger partial charge in [-0.15, -0.1) is 0 Å². The number of imidazole rings is 1. The molecule has 0 radical (unpaired) electrons. The maximum absolute atomic E-state index is 11.7. The average molecular weight is 347 g/mol. The first-order chi connectivity index (χ1) is 12.5. The van der Waals surface area contributed by atoms with E-state index in [2.05, 4.69) is 15.1 Å². The molecule has 0 aliphatic carbocycles. The number of amides is 2. The third kappa shape index (κ3) is 2.47. The standard InChI is InChI=1S/C17H13N7O2/c18-15(25)11-8-20-24(14(11)16(19)26)13-6-7-23-9-12(21-17(23)22-13)10-4-2-1-3-5-10/h1-9H,(H2,18,25)(H2,19,26). The number of hydrogen-bond donors (Lipinski definition) is 2.